The van der Waals surface area contributed by atoms with E-state index in [9.17, 15) is 14.0 Å². The highest BCUT2D eigenvalue weighted by Gasteiger charge is 2.21. The van der Waals surface area contributed by atoms with Gasteiger partial charge in [-0.2, -0.15) is 0 Å². The molecule has 0 radical (unpaired) electrons. The van der Waals surface area contributed by atoms with Crippen molar-refractivity contribution in [2.45, 2.75) is 25.7 Å². The third-order valence-corrected chi connectivity index (χ3v) is 6.48. The molecule has 1 saturated heterocycles. The first-order valence-electron chi connectivity index (χ1n) is 11.8. The molecule has 0 bridgehead atoms. The van der Waals surface area contributed by atoms with Crippen LogP contribution in [-0.4, -0.2) is 42.6 Å². The Morgan fingerprint density at radius 3 is 2.39 bits per heavy atom. The number of Topliss-reactive ketones (excluding diaryl/α,β-unsaturated/α-hetero) is 1. The molecule has 0 unspecified atom stereocenters. The lowest BCUT2D eigenvalue weighted by Crippen LogP contribution is -2.35. The lowest BCUT2D eigenvalue weighted by molar-refractivity contribution is 0.0988. The molecule has 0 aromatic heterocycles. The highest BCUT2D eigenvalue weighted by atomic mass is 35.5. The number of likely N-dealkylation sites (tertiary alicyclic amines) is 1. The topological polar surface area (TPSA) is 82.5 Å². The Morgan fingerprint density at radius 1 is 1.00 bits per heavy atom. The molecule has 1 fully saturated rings. The Bertz CT molecular complexity index is 1290. The second kappa shape index (κ2) is 11.4. The van der Waals surface area contributed by atoms with Crippen molar-refractivity contribution in [2.75, 3.05) is 25.5 Å². The van der Waals surface area contributed by atoms with Gasteiger partial charge in [0.1, 0.15) is 17.4 Å². The quantitative estimate of drug-likeness (QED) is 0.234. The zero-order chi connectivity index (χ0) is 25.7. The van der Waals surface area contributed by atoms with Gasteiger partial charge in [-0.25, -0.2) is 4.39 Å². The maximum absolute atomic E-state index is 15.0. The Morgan fingerprint density at radius 2 is 1.72 bits per heavy atom. The first-order valence-corrected chi connectivity index (χ1v) is 12.1. The van der Waals surface area contributed by atoms with Crippen molar-refractivity contribution >= 4 is 34.8 Å². The maximum atomic E-state index is 15.0. The summed E-state index contributed by atoms with van der Waals surface area (Å²) in [4.78, 5) is 28.0. The van der Waals surface area contributed by atoms with Gasteiger partial charge in [-0.3, -0.25) is 15.0 Å². The van der Waals surface area contributed by atoms with E-state index in [1.165, 1.54) is 19.2 Å². The van der Waals surface area contributed by atoms with Gasteiger partial charge in [0, 0.05) is 41.3 Å². The Balaban J connectivity index is 1.54. The minimum absolute atomic E-state index is 0.0786. The van der Waals surface area contributed by atoms with Crippen LogP contribution in [0.2, 0.25) is 5.02 Å². The van der Waals surface area contributed by atoms with Crippen LogP contribution in [0.15, 0.2) is 60.7 Å². The van der Waals surface area contributed by atoms with Crippen molar-refractivity contribution < 1.29 is 18.7 Å². The van der Waals surface area contributed by atoms with E-state index in [0.717, 1.165) is 32.4 Å². The molecule has 3 aromatic rings. The molecule has 1 aliphatic rings. The molecule has 0 spiro atoms. The molecule has 0 atom stereocenters. The fraction of sp³-hybridized carbons (Fsp3) is 0.250. The van der Waals surface area contributed by atoms with Gasteiger partial charge in [-0.05, 0) is 73.4 Å². The lowest BCUT2D eigenvalue weighted by Gasteiger charge is -2.29. The van der Waals surface area contributed by atoms with Crippen molar-refractivity contribution in [3.63, 3.8) is 0 Å². The van der Waals surface area contributed by atoms with Crippen molar-refractivity contribution in [2.24, 2.45) is 0 Å². The number of ether oxygens (including phenoxy) is 1. The summed E-state index contributed by atoms with van der Waals surface area (Å²) >= 11 is 5.91. The molecule has 36 heavy (non-hydrogen) atoms. The number of halogens is 2. The summed E-state index contributed by atoms with van der Waals surface area (Å²) in [7, 11) is 1.49. The molecule has 0 aliphatic carbocycles. The number of rotatable bonds is 7. The number of nitrogens with one attached hydrogen (secondary N) is 2. The third-order valence-electron chi connectivity index (χ3n) is 6.23. The van der Waals surface area contributed by atoms with Crippen LogP contribution in [0.3, 0.4) is 0 Å². The number of carbonyl (C=O) groups is 2. The van der Waals surface area contributed by atoms with Crippen LogP contribution < -0.4 is 10.1 Å². The van der Waals surface area contributed by atoms with Crippen LogP contribution >= 0.6 is 11.6 Å². The number of carbonyl (C=O) groups excluding carboxylic acids is 2. The summed E-state index contributed by atoms with van der Waals surface area (Å²) in [6, 6.07) is 15.8. The maximum Gasteiger partial charge on any atom is 0.256 e. The number of anilines is 1. The Hall–Kier alpha value is -3.71. The molecule has 3 aromatic carbocycles. The van der Waals surface area contributed by atoms with E-state index in [1.807, 2.05) is 4.90 Å². The van der Waals surface area contributed by atoms with Crippen LogP contribution in [0.4, 0.5) is 10.1 Å². The summed E-state index contributed by atoms with van der Waals surface area (Å²) in [5, 5.41) is 11.7. The van der Waals surface area contributed by atoms with Crippen molar-refractivity contribution in [1.82, 2.24) is 4.90 Å². The first-order chi connectivity index (χ1) is 17.4. The van der Waals surface area contributed by atoms with E-state index in [0.29, 0.717) is 27.6 Å². The molecule has 6 nitrogen and oxygen atoms in total. The van der Waals surface area contributed by atoms with Crippen molar-refractivity contribution in [3.05, 3.63) is 93.8 Å². The SMILES string of the molecule is COc1ccc(CC(=O)c2ccc(C(=N)N3CCCCC3)cc2F)c(C(=O)Nc2ccc(Cl)cc2)c1. The van der Waals surface area contributed by atoms with E-state index >= 15 is 0 Å². The first kappa shape index (κ1) is 25.4. The molecule has 1 aliphatic heterocycles. The number of amidine groups is 1. The molecule has 1 amide bonds. The highest BCUT2D eigenvalue weighted by molar-refractivity contribution is 6.30. The van der Waals surface area contributed by atoms with Crippen molar-refractivity contribution in [3.8, 4) is 5.75 Å². The molecule has 1 heterocycles. The predicted molar refractivity (Wildman–Crippen MR) is 139 cm³/mol. The number of methoxy groups -OCH3 is 1. The Kier molecular flexibility index (Phi) is 8.00. The van der Waals surface area contributed by atoms with Crippen LogP contribution in [0, 0.1) is 11.2 Å². The van der Waals surface area contributed by atoms with Gasteiger partial charge in [-0.1, -0.05) is 23.7 Å². The molecular weight excluding hydrogens is 481 g/mol. The number of hydrogen-bond donors (Lipinski definition) is 2. The van der Waals surface area contributed by atoms with Crippen molar-refractivity contribution in [1.29, 1.82) is 5.41 Å². The molecular formula is C28H27ClFN3O3. The van der Waals surface area contributed by atoms with Crippen LogP contribution in [0.5, 0.6) is 5.75 Å². The van der Waals surface area contributed by atoms with Crippen LogP contribution in [0.1, 0.15) is 51.1 Å². The minimum Gasteiger partial charge on any atom is -0.497 e. The van der Waals surface area contributed by atoms with Gasteiger partial charge < -0.3 is 15.0 Å². The van der Waals surface area contributed by atoms with Crippen LogP contribution in [-0.2, 0) is 6.42 Å². The molecule has 0 saturated carbocycles. The molecule has 2 N–H and O–H groups in total. The zero-order valence-corrected chi connectivity index (χ0v) is 20.7. The normalized spacial score (nSPS) is 13.2. The summed E-state index contributed by atoms with van der Waals surface area (Å²) < 4.78 is 20.2. The van der Waals surface area contributed by atoms with Gasteiger partial charge in [0.25, 0.3) is 5.91 Å². The van der Waals surface area contributed by atoms with Gasteiger partial charge in [0.05, 0.1) is 12.7 Å². The second-order valence-corrected chi connectivity index (χ2v) is 9.11. The number of nitrogens with zero attached hydrogens (tertiary/aromatic N) is 1. The number of amides is 1. The smallest absolute Gasteiger partial charge is 0.256 e. The summed E-state index contributed by atoms with van der Waals surface area (Å²) in [5.41, 5.74) is 1.60. The summed E-state index contributed by atoms with van der Waals surface area (Å²) in [6.45, 7) is 1.55. The fourth-order valence-electron chi connectivity index (χ4n) is 4.24. The van der Waals surface area contributed by atoms with Gasteiger partial charge in [0.15, 0.2) is 5.78 Å². The molecule has 8 heteroatoms. The average Bonchev–Trinajstić information content (AvgIpc) is 2.90. The standard InChI is InChI=1S/C28H27ClFN3O3/c1-36-22-11-5-18(24(17-22)28(35)32-21-9-7-20(29)8-10-21)16-26(34)23-12-6-19(15-25(23)30)27(31)33-13-3-2-4-14-33/h5-12,15,17,31H,2-4,13-14,16H2,1H3,(H,32,35). The monoisotopic (exact) mass is 507 g/mol. The summed E-state index contributed by atoms with van der Waals surface area (Å²) in [5.74, 6) is -0.845. The predicted octanol–water partition coefficient (Wildman–Crippen LogP) is 5.98. The number of ketones is 1. The van der Waals surface area contributed by atoms with E-state index in [1.54, 1.807) is 48.5 Å². The fourth-order valence-corrected chi connectivity index (χ4v) is 4.36. The second-order valence-electron chi connectivity index (χ2n) is 8.67. The van der Waals surface area contributed by atoms with Crippen LogP contribution in [0.25, 0.3) is 0 Å². The third kappa shape index (κ3) is 5.91. The number of piperidine rings is 1. The van der Waals surface area contributed by atoms with Gasteiger partial charge in [0.2, 0.25) is 0 Å². The number of hydrogen-bond acceptors (Lipinski definition) is 4. The van der Waals surface area contributed by atoms with E-state index < -0.39 is 17.5 Å². The average molecular weight is 508 g/mol. The summed E-state index contributed by atoms with van der Waals surface area (Å²) in [6.07, 6.45) is 2.98. The molecule has 186 valence electrons. The van der Waals surface area contributed by atoms with E-state index in [-0.39, 0.29) is 23.4 Å². The van der Waals surface area contributed by atoms with E-state index in [2.05, 4.69) is 5.32 Å². The largest absolute Gasteiger partial charge is 0.497 e. The van der Waals surface area contributed by atoms with Gasteiger partial charge >= 0.3 is 0 Å². The zero-order valence-electron chi connectivity index (χ0n) is 19.9. The lowest BCUT2D eigenvalue weighted by atomic mass is 9.96. The highest BCUT2D eigenvalue weighted by Crippen LogP contribution is 2.23. The Labute approximate surface area is 214 Å². The molecule has 4 rings (SSSR count). The van der Waals surface area contributed by atoms with E-state index in [4.69, 9.17) is 21.7 Å². The number of benzene rings is 3. The van der Waals surface area contributed by atoms with Gasteiger partial charge in [-0.15, -0.1) is 0 Å². The minimum atomic E-state index is -0.681.